The molecule has 0 spiro atoms. The minimum absolute atomic E-state index is 0.0259. The molecule has 7 heteroatoms. The van der Waals surface area contributed by atoms with E-state index in [4.69, 9.17) is 9.47 Å². The van der Waals surface area contributed by atoms with Gasteiger partial charge in [0.05, 0.1) is 12.6 Å². The molecule has 1 N–H and O–H groups in total. The number of aliphatic hydroxyl groups is 1. The van der Waals surface area contributed by atoms with Crippen LogP contribution in [0.5, 0.6) is 0 Å². The highest BCUT2D eigenvalue weighted by Crippen LogP contribution is 2.44. The number of rotatable bonds is 3. The van der Waals surface area contributed by atoms with Crippen LogP contribution in [-0.4, -0.2) is 71.6 Å². The lowest BCUT2D eigenvalue weighted by atomic mass is 9.98. The average Bonchev–Trinajstić information content (AvgIpc) is 3.09. The Kier molecular flexibility index (Phi) is 6.11. The van der Waals surface area contributed by atoms with E-state index in [0.717, 1.165) is 11.1 Å². The molecule has 1 fully saturated rings. The van der Waals surface area contributed by atoms with Gasteiger partial charge in [0.2, 0.25) is 0 Å². The summed E-state index contributed by atoms with van der Waals surface area (Å²) in [5.74, 6) is -0.0259. The van der Waals surface area contributed by atoms with Crippen LogP contribution in [0.2, 0.25) is 0 Å². The number of piperazine rings is 1. The van der Waals surface area contributed by atoms with E-state index in [2.05, 4.69) is 24.3 Å². The first kappa shape index (κ1) is 22.1. The Labute approximate surface area is 188 Å². The zero-order valence-corrected chi connectivity index (χ0v) is 18.8. The number of ether oxygens (including phenoxy) is 2. The smallest absolute Gasteiger partial charge is 0.410 e. The van der Waals surface area contributed by atoms with Crippen LogP contribution in [-0.2, 0) is 9.47 Å². The summed E-state index contributed by atoms with van der Waals surface area (Å²) in [6.07, 6.45) is -0.919. The third-order valence-electron chi connectivity index (χ3n) is 5.92. The minimum atomic E-state index is -0.601. The summed E-state index contributed by atoms with van der Waals surface area (Å²) in [5, 5.41) is 9.85. The van der Waals surface area contributed by atoms with Crippen LogP contribution in [0.25, 0.3) is 11.1 Å². The maximum atomic E-state index is 12.9. The molecule has 1 aliphatic heterocycles. The molecule has 0 radical (unpaired) electrons. The Bertz CT molecular complexity index is 954. The first-order valence-corrected chi connectivity index (χ1v) is 11.0. The molecule has 2 amide bonds. The number of aliphatic hydroxyl groups excluding tert-OH is 1. The van der Waals surface area contributed by atoms with Crippen molar-refractivity contribution in [2.24, 2.45) is 0 Å². The molecule has 1 atom stereocenters. The topological polar surface area (TPSA) is 79.3 Å². The van der Waals surface area contributed by atoms with Gasteiger partial charge in [-0.15, -0.1) is 0 Å². The predicted molar refractivity (Wildman–Crippen MR) is 120 cm³/mol. The van der Waals surface area contributed by atoms with E-state index in [1.807, 2.05) is 24.3 Å². The van der Waals surface area contributed by atoms with Crippen LogP contribution < -0.4 is 0 Å². The lowest BCUT2D eigenvalue weighted by Crippen LogP contribution is -2.58. The molecule has 1 heterocycles. The van der Waals surface area contributed by atoms with Gasteiger partial charge in [-0.25, -0.2) is 9.59 Å². The van der Waals surface area contributed by atoms with Gasteiger partial charge in [0.25, 0.3) is 0 Å². The lowest BCUT2D eigenvalue weighted by Gasteiger charge is -2.40. The molecule has 2 aromatic rings. The number of fused-ring (bicyclic) bond motifs is 3. The van der Waals surface area contributed by atoms with Gasteiger partial charge >= 0.3 is 12.2 Å². The molecule has 32 heavy (non-hydrogen) atoms. The summed E-state index contributed by atoms with van der Waals surface area (Å²) in [5.41, 5.74) is 4.03. The highest BCUT2D eigenvalue weighted by atomic mass is 16.6. The Hall–Kier alpha value is -3.06. The van der Waals surface area contributed by atoms with Gasteiger partial charge in [0, 0.05) is 25.6 Å². The first-order chi connectivity index (χ1) is 15.3. The molecule has 2 aliphatic rings. The largest absolute Gasteiger partial charge is 0.448 e. The molecular weight excluding hydrogens is 408 g/mol. The van der Waals surface area contributed by atoms with Crippen LogP contribution in [0.3, 0.4) is 0 Å². The molecule has 170 valence electrons. The van der Waals surface area contributed by atoms with Crippen molar-refractivity contribution >= 4 is 12.2 Å². The van der Waals surface area contributed by atoms with E-state index in [1.165, 1.54) is 20.9 Å². The SMILES string of the molecule is CC(C)(C)OC(=O)N1CCN(C(=O)OCC2c3ccccc3-c3ccccc32)[C@@H](CO)C1. The first-order valence-electron chi connectivity index (χ1n) is 11.0. The standard InChI is InChI=1S/C25H30N2O5/c1-25(2,3)32-23(29)26-12-13-27(17(14-26)15-28)24(30)31-16-22-20-10-6-4-8-18(20)19-9-5-7-11-21(19)22/h4-11,17,22,28H,12-16H2,1-3H3/t17-/m1/s1. The second kappa shape index (κ2) is 8.82. The maximum absolute atomic E-state index is 12.9. The fourth-order valence-electron chi connectivity index (χ4n) is 4.42. The fraction of sp³-hybridized carbons (Fsp3) is 0.440. The Balaban J connectivity index is 1.41. The van der Waals surface area contributed by atoms with Crippen molar-refractivity contribution < 1.29 is 24.2 Å². The Morgan fingerprint density at radius 3 is 2.12 bits per heavy atom. The van der Waals surface area contributed by atoms with E-state index >= 15 is 0 Å². The molecular formula is C25H30N2O5. The van der Waals surface area contributed by atoms with Crippen molar-refractivity contribution in [3.63, 3.8) is 0 Å². The summed E-state index contributed by atoms with van der Waals surface area (Å²) >= 11 is 0. The maximum Gasteiger partial charge on any atom is 0.410 e. The molecule has 0 unspecified atom stereocenters. The number of nitrogens with zero attached hydrogens (tertiary/aromatic N) is 2. The number of benzene rings is 2. The molecule has 1 aliphatic carbocycles. The number of hydrogen-bond donors (Lipinski definition) is 1. The molecule has 0 saturated carbocycles. The Morgan fingerprint density at radius 1 is 0.969 bits per heavy atom. The summed E-state index contributed by atoms with van der Waals surface area (Å²) in [6, 6.07) is 15.8. The zero-order chi connectivity index (χ0) is 22.9. The van der Waals surface area contributed by atoms with Gasteiger partial charge in [-0.3, -0.25) is 4.90 Å². The molecule has 2 aromatic carbocycles. The Morgan fingerprint density at radius 2 is 1.56 bits per heavy atom. The third kappa shape index (κ3) is 4.43. The summed E-state index contributed by atoms with van der Waals surface area (Å²) in [7, 11) is 0. The van der Waals surface area contributed by atoms with Crippen LogP contribution >= 0.6 is 0 Å². The summed E-state index contributed by atoms with van der Waals surface area (Å²) < 4.78 is 11.1. The van der Waals surface area contributed by atoms with E-state index in [1.54, 1.807) is 20.8 Å². The lowest BCUT2D eigenvalue weighted by molar-refractivity contribution is -0.00604. The molecule has 0 aromatic heterocycles. The van der Waals surface area contributed by atoms with Crippen molar-refractivity contribution in [1.82, 2.24) is 9.80 Å². The second-order valence-electron chi connectivity index (χ2n) is 9.26. The number of carbonyl (C=O) groups is 2. The normalized spacial score (nSPS) is 18.2. The van der Waals surface area contributed by atoms with Crippen LogP contribution in [0.1, 0.15) is 37.8 Å². The monoisotopic (exact) mass is 438 g/mol. The van der Waals surface area contributed by atoms with Gasteiger partial charge in [0.15, 0.2) is 0 Å². The van der Waals surface area contributed by atoms with Gasteiger partial charge in [0.1, 0.15) is 12.2 Å². The predicted octanol–water partition coefficient (Wildman–Crippen LogP) is 3.85. The zero-order valence-electron chi connectivity index (χ0n) is 18.8. The van der Waals surface area contributed by atoms with E-state index in [0.29, 0.717) is 6.54 Å². The fourth-order valence-corrected chi connectivity index (χ4v) is 4.42. The highest BCUT2D eigenvalue weighted by Gasteiger charge is 2.36. The van der Waals surface area contributed by atoms with E-state index in [9.17, 15) is 14.7 Å². The molecule has 7 nitrogen and oxygen atoms in total. The van der Waals surface area contributed by atoms with Crippen molar-refractivity contribution in [2.45, 2.75) is 38.3 Å². The number of carbonyl (C=O) groups excluding carboxylic acids is 2. The molecule has 0 bridgehead atoms. The van der Waals surface area contributed by atoms with Crippen molar-refractivity contribution in [2.75, 3.05) is 32.8 Å². The third-order valence-corrected chi connectivity index (χ3v) is 5.92. The van der Waals surface area contributed by atoms with Crippen LogP contribution in [0.4, 0.5) is 9.59 Å². The summed E-state index contributed by atoms with van der Waals surface area (Å²) in [4.78, 5) is 28.3. The highest BCUT2D eigenvalue weighted by molar-refractivity contribution is 5.79. The van der Waals surface area contributed by atoms with Crippen molar-refractivity contribution in [3.05, 3.63) is 59.7 Å². The number of hydrogen-bond acceptors (Lipinski definition) is 5. The van der Waals surface area contributed by atoms with Crippen LogP contribution in [0, 0.1) is 0 Å². The summed E-state index contributed by atoms with van der Waals surface area (Å²) in [6.45, 7) is 6.19. The molecule has 4 rings (SSSR count). The van der Waals surface area contributed by atoms with E-state index < -0.39 is 23.8 Å². The second-order valence-corrected chi connectivity index (χ2v) is 9.26. The van der Waals surface area contributed by atoms with Crippen molar-refractivity contribution in [3.8, 4) is 11.1 Å². The van der Waals surface area contributed by atoms with Gasteiger partial charge in [-0.1, -0.05) is 48.5 Å². The molecule has 1 saturated heterocycles. The van der Waals surface area contributed by atoms with E-state index in [-0.39, 0.29) is 32.2 Å². The van der Waals surface area contributed by atoms with Gasteiger partial charge in [-0.2, -0.15) is 0 Å². The number of amides is 2. The van der Waals surface area contributed by atoms with Crippen LogP contribution in [0.15, 0.2) is 48.5 Å². The van der Waals surface area contributed by atoms with Gasteiger partial charge < -0.3 is 19.5 Å². The van der Waals surface area contributed by atoms with Crippen molar-refractivity contribution in [1.29, 1.82) is 0 Å². The minimum Gasteiger partial charge on any atom is -0.448 e. The van der Waals surface area contributed by atoms with Gasteiger partial charge in [-0.05, 0) is 43.0 Å². The quantitative estimate of drug-likeness (QED) is 0.788. The average molecular weight is 439 g/mol.